The van der Waals surface area contributed by atoms with E-state index in [1.54, 1.807) is 12.3 Å². The van der Waals surface area contributed by atoms with Gasteiger partial charge in [-0.25, -0.2) is 0 Å². The first-order chi connectivity index (χ1) is 7.78. The molecule has 1 atom stereocenters. The van der Waals surface area contributed by atoms with Crippen LogP contribution < -0.4 is 5.32 Å². The molecule has 0 saturated carbocycles. The monoisotopic (exact) mass is 374 g/mol. The van der Waals surface area contributed by atoms with Crippen molar-refractivity contribution in [3.8, 4) is 0 Å². The highest BCUT2D eigenvalue weighted by atomic mass is 79.9. The SMILES string of the molecule is CC(CC(F)(F)F)NCc1ncc(Br)cc1Br. The van der Waals surface area contributed by atoms with Crippen LogP contribution in [0.15, 0.2) is 21.2 Å². The number of hydrogen-bond acceptors (Lipinski definition) is 2. The highest BCUT2D eigenvalue weighted by molar-refractivity contribution is 9.11. The van der Waals surface area contributed by atoms with E-state index in [0.717, 1.165) is 8.95 Å². The molecule has 0 aliphatic carbocycles. The van der Waals surface area contributed by atoms with Gasteiger partial charge in [-0.05, 0) is 44.8 Å². The molecule has 0 aliphatic rings. The average Bonchev–Trinajstić information content (AvgIpc) is 2.13. The third-order valence-corrected chi connectivity index (χ3v) is 3.16. The Morgan fingerprint density at radius 3 is 2.59 bits per heavy atom. The van der Waals surface area contributed by atoms with Crippen molar-refractivity contribution < 1.29 is 13.2 Å². The fourth-order valence-electron chi connectivity index (χ4n) is 1.26. The Morgan fingerprint density at radius 2 is 2.06 bits per heavy atom. The lowest BCUT2D eigenvalue weighted by Crippen LogP contribution is -2.31. The maximum atomic E-state index is 12.1. The lowest BCUT2D eigenvalue weighted by Gasteiger charge is -2.15. The summed E-state index contributed by atoms with van der Waals surface area (Å²) in [5.74, 6) is 0. The number of alkyl halides is 3. The molecule has 0 bridgehead atoms. The molecule has 0 radical (unpaired) electrons. The normalized spacial score (nSPS) is 13.8. The molecule has 7 heteroatoms. The highest BCUT2D eigenvalue weighted by Gasteiger charge is 2.29. The molecule has 0 spiro atoms. The van der Waals surface area contributed by atoms with Crippen molar-refractivity contribution in [1.82, 2.24) is 10.3 Å². The van der Waals surface area contributed by atoms with Gasteiger partial charge >= 0.3 is 6.18 Å². The molecule has 17 heavy (non-hydrogen) atoms. The molecule has 0 aliphatic heterocycles. The predicted octanol–water partition coefficient (Wildman–Crippen LogP) is 4.04. The van der Waals surface area contributed by atoms with Crippen molar-refractivity contribution in [2.75, 3.05) is 0 Å². The summed E-state index contributed by atoms with van der Waals surface area (Å²) in [6, 6.07) is 1.17. The zero-order valence-corrected chi connectivity index (χ0v) is 12.2. The molecule has 0 fully saturated rings. The fourth-order valence-corrected chi connectivity index (χ4v) is 2.39. The standard InChI is InChI=1S/C10H11Br2F3N2/c1-6(3-10(13,14)15)16-5-9-8(12)2-7(11)4-17-9/h2,4,6,16H,3,5H2,1H3. The Kier molecular flexibility index (Phi) is 5.40. The van der Waals surface area contributed by atoms with Gasteiger partial charge in [0.1, 0.15) is 0 Å². The van der Waals surface area contributed by atoms with E-state index < -0.39 is 18.6 Å². The third-order valence-electron chi connectivity index (χ3n) is 2.04. The Balaban J connectivity index is 2.50. The van der Waals surface area contributed by atoms with Gasteiger partial charge in [-0.1, -0.05) is 0 Å². The second-order valence-corrected chi connectivity index (χ2v) is 5.45. The van der Waals surface area contributed by atoms with E-state index in [4.69, 9.17) is 0 Å². The Labute approximate surface area is 114 Å². The Bertz CT molecular complexity index is 382. The third kappa shape index (κ3) is 5.83. The molecule has 2 nitrogen and oxygen atoms in total. The zero-order valence-electron chi connectivity index (χ0n) is 8.98. The van der Waals surface area contributed by atoms with Gasteiger partial charge < -0.3 is 5.32 Å². The van der Waals surface area contributed by atoms with Crippen molar-refractivity contribution in [3.05, 3.63) is 26.9 Å². The number of pyridine rings is 1. The van der Waals surface area contributed by atoms with Gasteiger partial charge in [-0.2, -0.15) is 13.2 Å². The minimum atomic E-state index is -4.14. The number of hydrogen-bond donors (Lipinski definition) is 1. The van der Waals surface area contributed by atoms with E-state index >= 15 is 0 Å². The van der Waals surface area contributed by atoms with Crippen LogP contribution >= 0.6 is 31.9 Å². The lowest BCUT2D eigenvalue weighted by atomic mass is 10.2. The maximum absolute atomic E-state index is 12.1. The summed E-state index contributed by atoms with van der Waals surface area (Å²) < 4.78 is 37.9. The van der Waals surface area contributed by atoms with Gasteiger partial charge in [0.05, 0.1) is 12.1 Å². The molecular weight excluding hydrogens is 365 g/mol. The summed E-state index contributed by atoms with van der Waals surface area (Å²) in [6.07, 6.45) is -3.38. The van der Waals surface area contributed by atoms with Crippen molar-refractivity contribution in [2.24, 2.45) is 0 Å². The molecule has 1 aromatic heterocycles. The summed E-state index contributed by atoms with van der Waals surface area (Å²) in [5, 5.41) is 2.79. The van der Waals surface area contributed by atoms with Crippen molar-refractivity contribution >= 4 is 31.9 Å². The van der Waals surface area contributed by atoms with E-state index in [1.807, 2.05) is 0 Å². The Hall–Kier alpha value is -0.140. The first-order valence-electron chi connectivity index (χ1n) is 4.88. The van der Waals surface area contributed by atoms with E-state index in [9.17, 15) is 13.2 Å². The summed E-state index contributed by atoms with van der Waals surface area (Å²) in [7, 11) is 0. The quantitative estimate of drug-likeness (QED) is 0.859. The molecule has 1 rings (SSSR count). The number of nitrogens with zero attached hydrogens (tertiary/aromatic N) is 1. The van der Waals surface area contributed by atoms with Crippen molar-refractivity contribution in [3.63, 3.8) is 0 Å². The second kappa shape index (κ2) is 6.15. The van der Waals surface area contributed by atoms with Gasteiger partial charge in [0.25, 0.3) is 0 Å². The van der Waals surface area contributed by atoms with Crippen LogP contribution in [0.2, 0.25) is 0 Å². The van der Waals surface area contributed by atoms with Crippen LogP contribution in [-0.4, -0.2) is 17.2 Å². The van der Waals surface area contributed by atoms with Crippen LogP contribution in [-0.2, 0) is 6.54 Å². The lowest BCUT2D eigenvalue weighted by molar-refractivity contribution is -0.139. The topological polar surface area (TPSA) is 24.9 Å². The minimum absolute atomic E-state index is 0.297. The molecule has 96 valence electrons. The Morgan fingerprint density at radius 1 is 1.41 bits per heavy atom. The van der Waals surface area contributed by atoms with E-state index in [-0.39, 0.29) is 0 Å². The molecule has 0 saturated heterocycles. The second-order valence-electron chi connectivity index (χ2n) is 3.68. The first kappa shape index (κ1) is 14.9. The zero-order chi connectivity index (χ0) is 13.1. The maximum Gasteiger partial charge on any atom is 0.390 e. The average molecular weight is 376 g/mol. The van der Waals surface area contributed by atoms with Crippen LogP contribution in [0.25, 0.3) is 0 Å². The van der Waals surface area contributed by atoms with Gasteiger partial charge in [-0.15, -0.1) is 0 Å². The fraction of sp³-hybridized carbons (Fsp3) is 0.500. The molecule has 1 heterocycles. The van der Waals surface area contributed by atoms with Crippen LogP contribution in [0.5, 0.6) is 0 Å². The molecule has 1 unspecified atom stereocenters. The summed E-state index contributed by atoms with van der Waals surface area (Å²) in [5.41, 5.74) is 0.683. The largest absolute Gasteiger partial charge is 0.390 e. The highest BCUT2D eigenvalue weighted by Crippen LogP contribution is 2.22. The van der Waals surface area contributed by atoms with Crippen molar-refractivity contribution in [2.45, 2.75) is 32.1 Å². The van der Waals surface area contributed by atoms with Gasteiger partial charge in [0.2, 0.25) is 0 Å². The summed E-state index contributed by atoms with van der Waals surface area (Å²) in [4.78, 5) is 4.11. The van der Waals surface area contributed by atoms with Crippen LogP contribution in [0, 0.1) is 0 Å². The number of halogens is 5. The molecule has 0 amide bonds. The van der Waals surface area contributed by atoms with E-state index in [0.29, 0.717) is 12.2 Å². The van der Waals surface area contributed by atoms with Crippen molar-refractivity contribution in [1.29, 1.82) is 0 Å². The smallest absolute Gasteiger partial charge is 0.308 e. The molecule has 1 aromatic rings. The summed E-state index contributed by atoms with van der Waals surface area (Å²) >= 11 is 6.56. The first-order valence-corrected chi connectivity index (χ1v) is 6.46. The number of aromatic nitrogens is 1. The minimum Gasteiger partial charge on any atom is -0.308 e. The number of rotatable bonds is 4. The molecule has 0 aromatic carbocycles. The van der Waals surface area contributed by atoms with Gasteiger partial charge in [0.15, 0.2) is 0 Å². The van der Waals surface area contributed by atoms with Crippen LogP contribution in [0.4, 0.5) is 13.2 Å². The summed E-state index contributed by atoms with van der Waals surface area (Å²) in [6.45, 7) is 1.80. The number of nitrogens with one attached hydrogen (secondary N) is 1. The van der Waals surface area contributed by atoms with Crippen LogP contribution in [0.1, 0.15) is 19.0 Å². The van der Waals surface area contributed by atoms with Crippen LogP contribution in [0.3, 0.4) is 0 Å². The van der Waals surface area contributed by atoms with E-state index in [1.165, 1.54) is 6.92 Å². The molecule has 1 N–H and O–H groups in total. The van der Waals surface area contributed by atoms with Gasteiger partial charge in [0, 0.05) is 27.7 Å². The predicted molar refractivity (Wildman–Crippen MR) is 66.6 cm³/mol. The van der Waals surface area contributed by atoms with Gasteiger partial charge in [-0.3, -0.25) is 4.98 Å². The molecular formula is C10H11Br2F3N2. The van der Waals surface area contributed by atoms with E-state index in [2.05, 4.69) is 42.2 Å².